The minimum Gasteiger partial charge on any atom is -0.393 e. The number of hydrogen-bond donors (Lipinski definition) is 2. The van der Waals surface area contributed by atoms with Gasteiger partial charge in [0.25, 0.3) is 0 Å². The lowest BCUT2D eigenvalue weighted by atomic mass is 9.85. The zero-order valence-corrected chi connectivity index (χ0v) is 12.5. The smallest absolute Gasteiger partial charge is 0.211 e. The van der Waals surface area contributed by atoms with E-state index in [4.69, 9.17) is 0 Å². The molecule has 6 heteroatoms. The minimum absolute atomic E-state index is 0.294. The van der Waals surface area contributed by atoms with Crippen molar-refractivity contribution in [2.45, 2.75) is 38.2 Å². The van der Waals surface area contributed by atoms with Gasteiger partial charge in [-0.3, -0.25) is 0 Å². The molecule has 0 radical (unpaired) electrons. The van der Waals surface area contributed by atoms with Gasteiger partial charge in [-0.25, -0.2) is 12.7 Å². The molecule has 3 unspecified atom stereocenters. The molecule has 2 rings (SSSR count). The minimum atomic E-state index is -3.08. The highest BCUT2D eigenvalue weighted by molar-refractivity contribution is 7.88. The summed E-state index contributed by atoms with van der Waals surface area (Å²) in [5, 5.41) is 13.6. The van der Waals surface area contributed by atoms with Crippen molar-refractivity contribution in [1.82, 2.24) is 9.62 Å². The van der Waals surface area contributed by atoms with Gasteiger partial charge in [-0.05, 0) is 50.5 Å². The van der Waals surface area contributed by atoms with E-state index in [2.05, 4.69) is 5.32 Å². The van der Waals surface area contributed by atoms with Crippen LogP contribution in [0.4, 0.5) is 0 Å². The van der Waals surface area contributed by atoms with Crippen LogP contribution in [-0.2, 0) is 10.0 Å². The van der Waals surface area contributed by atoms with E-state index in [-0.39, 0.29) is 6.10 Å². The lowest BCUT2D eigenvalue weighted by molar-refractivity contribution is 0.0589. The van der Waals surface area contributed by atoms with Gasteiger partial charge in [0.05, 0.1) is 12.4 Å². The zero-order valence-electron chi connectivity index (χ0n) is 11.7. The highest BCUT2D eigenvalue weighted by atomic mass is 32.2. The molecule has 19 heavy (non-hydrogen) atoms. The second-order valence-electron chi connectivity index (χ2n) is 6.04. The average molecular weight is 290 g/mol. The van der Waals surface area contributed by atoms with Crippen LogP contribution in [-0.4, -0.2) is 56.4 Å². The number of piperidine rings is 2. The largest absolute Gasteiger partial charge is 0.393 e. The fourth-order valence-corrected chi connectivity index (χ4v) is 4.20. The van der Waals surface area contributed by atoms with Crippen LogP contribution in [0.3, 0.4) is 0 Å². The van der Waals surface area contributed by atoms with Crippen molar-refractivity contribution < 1.29 is 13.5 Å². The third-order valence-corrected chi connectivity index (χ3v) is 5.67. The van der Waals surface area contributed by atoms with Gasteiger partial charge in [-0.2, -0.15) is 0 Å². The molecule has 0 aliphatic carbocycles. The highest BCUT2D eigenvalue weighted by Crippen LogP contribution is 2.26. The Morgan fingerprint density at radius 3 is 2.79 bits per heavy atom. The molecular formula is C13H26N2O3S. The summed E-state index contributed by atoms with van der Waals surface area (Å²) in [5.74, 6) is 0.641. The molecule has 0 bridgehead atoms. The van der Waals surface area contributed by atoms with E-state index in [9.17, 15) is 13.5 Å². The normalized spacial score (nSPS) is 32.1. The van der Waals surface area contributed by atoms with Crippen molar-refractivity contribution in [2.75, 3.05) is 32.4 Å². The summed E-state index contributed by atoms with van der Waals surface area (Å²) in [6.45, 7) is 3.16. The van der Waals surface area contributed by atoms with Gasteiger partial charge in [-0.15, -0.1) is 0 Å². The molecule has 112 valence electrons. The number of nitrogens with one attached hydrogen (secondary N) is 1. The summed E-state index contributed by atoms with van der Waals surface area (Å²) < 4.78 is 24.7. The first-order valence-electron chi connectivity index (χ1n) is 7.30. The maximum absolute atomic E-state index is 11.6. The van der Waals surface area contributed by atoms with Crippen molar-refractivity contribution >= 4 is 10.0 Å². The number of nitrogens with zero attached hydrogens (tertiary/aromatic N) is 1. The van der Waals surface area contributed by atoms with Crippen LogP contribution in [0.5, 0.6) is 0 Å². The van der Waals surface area contributed by atoms with Gasteiger partial charge in [0, 0.05) is 19.6 Å². The van der Waals surface area contributed by atoms with Crippen molar-refractivity contribution in [2.24, 2.45) is 11.8 Å². The molecule has 0 spiro atoms. The Bertz CT molecular complexity index is 379. The van der Waals surface area contributed by atoms with Gasteiger partial charge in [0.2, 0.25) is 10.0 Å². The van der Waals surface area contributed by atoms with Gasteiger partial charge in [0.1, 0.15) is 0 Å². The number of rotatable bonds is 4. The molecule has 2 N–H and O–H groups in total. The molecule has 2 aliphatic rings. The Morgan fingerprint density at radius 2 is 2.16 bits per heavy atom. The molecule has 0 aromatic carbocycles. The highest BCUT2D eigenvalue weighted by Gasteiger charge is 2.30. The maximum Gasteiger partial charge on any atom is 0.211 e. The lowest BCUT2D eigenvalue weighted by Crippen LogP contribution is -2.42. The van der Waals surface area contributed by atoms with Gasteiger partial charge in [0.15, 0.2) is 0 Å². The average Bonchev–Trinajstić information content (AvgIpc) is 2.39. The van der Waals surface area contributed by atoms with E-state index < -0.39 is 10.0 Å². The second kappa shape index (κ2) is 6.52. The summed E-state index contributed by atoms with van der Waals surface area (Å²) in [6.07, 6.45) is 5.86. The predicted octanol–water partition coefficient (Wildman–Crippen LogP) is 0.409. The van der Waals surface area contributed by atoms with E-state index in [1.807, 2.05) is 0 Å². The maximum atomic E-state index is 11.6. The molecule has 2 fully saturated rings. The van der Waals surface area contributed by atoms with Crippen molar-refractivity contribution in [1.29, 1.82) is 0 Å². The fourth-order valence-electron chi connectivity index (χ4n) is 3.26. The van der Waals surface area contributed by atoms with Crippen LogP contribution in [0, 0.1) is 11.8 Å². The quantitative estimate of drug-likeness (QED) is 0.787. The number of hydrogen-bond acceptors (Lipinski definition) is 4. The Balaban J connectivity index is 1.84. The molecule has 2 aliphatic heterocycles. The predicted molar refractivity (Wildman–Crippen MR) is 75.4 cm³/mol. The summed E-state index contributed by atoms with van der Waals surface area (Å²) in [5.41, 5.74) is 0. The van der Waals surface area contributed by atoms with Gasteiger partial charge in [-0.1, -0.05) is 0 Å². The monoisotopic (exact) mass is 290 g/mol. The van der Waals surface area contributed by atoms with E-state index in [0.717, 1.165) is 45.2 Å². The molecule has 0 aromatic rings. The third-order valence-electron chi connectivity index (χ3n) is 4.40. The molecule has 0 aromatic heterocycles. The molecule has 2 heterocycles. The Morgan fingerprint density at radius 1 is 1.37 bits per heavy atom. The van der Waals surface area contributed by atoms with Crippen LogP contribution in [0.1, 0.15) is 32.1 Å². The molecule has 5 nitrogen and oxygen atoms in total. The lowest BCUT2D eigenvalue weighted by Gasteiger charge is -2.34. The van der Waals surface area contributed by atoms with Crippen molar-refractivity contribution in [3.8, 4) is 0 Å². The first-order valence-corrected chi connectivity index (χ1v) is 9.15. The third kappa shape index (κ3) is 4.41. The van der Waals surface area contributed by atoms with Crippen molar-refractivity contribution in [3.05, 3.63) is 0 Å². The molecule has 0 saturated carbocycles. The summed E-state index contributed by atoms with van der Waals surface area (Å²) >= 11 is 0. The molecule has 2 saturated heterocycles. The topological polar surface area (TPSA) is 69.6 Å². The van der Waals surface area contributed by atoms with Gasteiger partial charge < -0.3 is 10.4 Å². The van der Waals surface area contributed by atoms with Crippen LogP contribution < -0.4 is 5.32 Å². The van der Waals surface area contributed by atoms with E-state index in [0.29, 0.717) is 24.9 Å². The Kier molecular flexibility index (Phi) is 5.22. The molecule has 3 atom stereocenters. The van der Waals surface area contributed by atoms with Crippen LogP contribution >= 0.6 is 0 Å². The zero-order chi connectivity index (χ0) is 13.9. The van der Waals surface area contributed by atoms with Gasteiger partial charge >= 0.3 is 0 Å². The van der Waals surface area contributed by atoms with Crippen molar-refractivity contribution in [3.63, 3.8) is 0 Å². The molecular weight excluding hydrogens is 264 g/mol. The second-order valence-corrected chi connectivity index (χ2v) is 8.02. The van der Waals surface area contributed by atoms with Crippen LogP contribution in [0.15, 0.2) is 0 Å². The summed E-state index contributed by atoms with van der Waals surface area (Å²) in [7, 11) is -3.08. The number of aliphatic hydroxyl groups is 1. The van der Waals surface area contributed by atoms with E-state index >= 15 is 0 Å². The Labute approximate surface area is 116 Å². The van der Waals surface area contributed by atoms with Crippen LogP contribution in [0.2, 0.25) is 0 Å². The van der Waals surface area contributed by atoms with E-state index in [1.54, 1.807) is 4.31 Å². The standard InChI is InChI=1S/C13H26N2O3S/c1-19(17,18)15-7-3-4-11(10-15)8-13(16)12-5-2-6-14-9-12/h11-14,16H,2-10H2,1H3. The van der Waals surface area contributed by atoms with E-state index in [1.165, 1.54) is 6.26 Å². The SMILES string of the molecule is CS(=O)(=O)N1CCCC(CC(O)C2CCCNC2)C1. The fraction of sp³-hybridized carbons (Fsp3) is 1.00. The number of aliphatic hydroxyl groups excluding tert-OH is 1. The first-order chi connectivity index (χ1) is 8.97. The summed E-state index contributed by atoms with van der Waals surface area (Å²) in [4.78, 5) is 0. The number of sulfonamides is 1. The summed E-state index contributed by atoms with van der Waals surface area (Å²) in [6, 6.07) is 0. The first kappa shape index (κ1) is 15.2. The molecule has 0 amide bonds. The van der Waals surface area contributed by atoms with Crippen LogP contribution in [0.25, 0.3) is 0 Å². The Hall–Kier alpha value is -0.170.